The topological polar surface area (TPSA) is 114 Å². The molecular formula is C13H24N2O6. The molecule has 0 heterocycles. The van der Waals surface area contributed by atoms with Crippen LogP contribution < -0.4 is 10.6 Å². The van der Waals surface area contributed by atoms with E-state index in [1.807, 2.05) is 13.8 Å². The minimum atomic E-state index is -1.02. The Kier molecular flexibility index (Phi) is 9.11. The Bertz CT molecular complexity index is 359. The number of amides is 2. The summed E-state index contributed by atoms with van der Waals surface area (Å²) < 4.78 is 9.56. The van der Waals surface area contributed by atoms with Crippen LogP contribution in [0.2, 0.25) is 0 Å². The van der Waals surface area contributed by atoms with E-state index in [1.165, 1.54) is 14.2 Å². The molecule has 0 saturated heterocycles. The number of carboxylic acid groups (broad SMARTS) is 1. The second kappa shape index (κ2) is 9.98. The van der Waals surface area contributed by atoms with Gasteiger partial charge in [-0.25, -0.2) is 9.59 Å². The first-order chi connectivity index (χ1) is 9.79. The summed E-state index contributed by atoms with van der Waals surface area (Å²) in [5.41, 5.74) is 0. The molecule has 8 nitrogen and oxygen atoms in total. The monoisotopic (exact) mass is 304 g/mol. The van der Waals surface area contributed by atoms with Crippen molar-refractivity contribution in [2.45, 2.75) is 38.8 Å². The van der Waals surface area contributed by atoms with E-state index < -0.39 is 30.1 Å². The highest BCUT2D eigenvalue weighted by atomic mass is 16.5. The van der Waals surface area contributed by atoms with Crippen LogP contribution in [0.25, 0.3) is 0 Å². The maximum Gasteiger partial charge on any atom is 0.328 e. The van der Waals surface area contributed by atoms with Gasteiger partial charge in [0.05, 0.1) is 19.6 Å². The average Bonchev–Trinajstić information content (AvgIpc) is 2.40. The molecule has 122 valence electrons. The molecule has 0 aromatic heterocycles. The lowest BCUT2D eigenvalue weighted by Crippen LogP contribution is -2.48. The number of carbonyl (C=O) groups excluding carboxylic acids is 2. The first kappa shape index (κ1) is 19.2. The maximum absolute atomic E-state index is 11.7. The first-order valence-electron chi connectivity index (χ1n) is 6.66. The van der Waals surface area contributed by atoms with Crippen LogP contribution in [0.5, 0.6) is 0 Å². The molecule has 0 radical (unpaired) electrons. The number of hydrogen-bond donors (Lipinski definition) is 3. The molecule has 0 fully saturated rings. The number of rotatable bonds is 9. The van der Waals surface area contributed by atoms with Gasteiger partial charge in [0.25, 0.3) is 0 Å². The number of nitrogens with one attached hydrogen (secondary N) is 2. The molecule has 2 amide bonds. The molecule has 0 aliphatic heterocycles. The smallest absolute Gasteiger partial charge is 0.328 e. The predicted octanol–water partition coefficient (Wildman–Crippen LogP) is 0.363. The quantitative estimate of drug-likeness (QED) is 0.530. The molecule has 0 bridgehead atoms. The molecule has 0 aromatic rings. The van der Waals surface area contributed by atoms with Gasteiger partial charge in [0.15, 0.2) is 0 Å². The molecule has 3 N–H and O–H groups in total. The van der Waals surface area contributed by atoms with Gasteiger partial charge in [-0.3, -0.25) is 4.79 Å². The summed E-state index contributed by atoms with van der Waals surface area (Å²) in [7, 11) is 2.62. The highest BCUT2D eigenvalue weighted by molar-refractivity contribution is 5.83. The van der Waals surface area contributed by atoms with Gasteiger partial charge in [-0.2, -0.15) is 0 Å². The number of hydrogen-bond acceptors (Lipinski definition) is 5. The van der Waals surface area contributed by atoms with Gasteiger partial charge in [0.2, 0.25) is 0 Å². The van der Waals surface area contributed by atoms with Crippen LogP contribution in [-0.2, 0) is 19.1 Å². The Labute approximate surface area is 124 Å². The fourth-order valence-corrected chi connectivity index (χ4v) is 1.68. The summed E-state index contributed by atoms with van der Waals surface area (Å²) in [6.07, 6.45) is -0.401. The number of urea groups is 1. The van der Waals surface area contributed by atoms with E-state index >= 15 is 0 Å². The molecule has 0 spiro atoms. The summed E-state index contributed by atoms with van der Waals surface area (Å²) in [4.78, 5) is 33.9. The Morgan fingerprint density at radius 3 is 2.24 bits per heavy atom. The van der Waals surface area contributed by atoms with Crippen LogP contribution in [0.1, 0.15) is 26.7 Å². The molecule has 8 heteroatoms. The Balaban J connectivity index is 4.36. The standard InChI is InChI=1S/C13H24N2O6/c1-8(2)5-10(12(18)21-4)15-13(19)14-7-9(20-3)6-11(16)17/h8-10H,5-7H2,1-4H3,(H,16,17)(H2,14,15,19). The number of carbonyl (C=O) groups is 3. The summed E-state index contributed by atoms with van der Waals surface area (Å²) in [5.74, 6) is -1.34. The van der Waals surface area contributed by atoms with Crippen molar-refractivity contribution in [2.75, 3.05) is 20.8 Å². The lowest BCUT2D eigenvalue weighted by molar-refractivity contribution is -0.143. The van der Waals surface area contributed by atoms with Gasteiger partial charge in [-0.05, 0) is 12.3 Å². The van der Waals surface area contributed by atoms with Crippen molar-refractivity contribution < 1.29 is 29.0 Å². The van der Waals surface area contributed by atoms with E-state index in [-0.39, 0.29) is 18.9 Å². The van der Waals surface area contributed by atoms with Crippen molar-refractivity contribution in [2.24, 2.45) is 5.92 Å². The van der Waals surface area contributed by atoms with Crippen molar-refractivity contribution in [1.82, 2.24) is 10.6 Å². The zero-order valence-corrected chi connectivity index (χ0v) is 12.8. The van der Waals surface area contributed by atoms with Gasteiger partial charge in [-0.15, -0.1) is 0 Å². The van der Waals surface area contributed by atoms with Gasteiger partial charge < -0.3 is 25.2 Å². The Morgan fingerprint density at radius 1 is 1.19 bits per heavy atom. The van der Waals surface area contributed by atoms with Gasteiger partial charge >= 0.3 is 18.0 Å². The number of aliphatic carboxylic acids is 1. The van der Waals surface area contributed by atoms with E-state index in [0.29, 0.717) is 6.42 Å². The van der Waals surface area contributed by atoms with Gasteiger partial charge in [0.1, 0.15) is 6.04 Å². The Morgan fingerprint density at radius 2 is 1.81 bits per heavy atom. The SMILES string of the molecule is COC(=O)C(CC(C)C)NC(=O)NCC(CC(=O)O)OC. The molecule has 0 aliphatic rings. The molecule has 2 atom stereocenters. The van der Waals surface area contributed by atoms with Crippen molar-refractivity contribution in [3.05, 3.63) is 0 Å². The molecular weight excluding hydrogens is 280 g/mol. The van der Waals surface area contributed by atoms with Crippen LogP contribution in [-0.4, -0.2) is 56.0 Å². The number of carboxylic acids is 1. The van der Waals surface area contributed by atoms with E-state index in [0.717, 1.165) is 0 Å². The number of esters is 1. The van der Waals surface area contributed by atoms with Crippen LogP contribution in [0.3, 0.4) is 0 Å². The highest BCUT2D eigenvalue weighted by Gasteiger charge is 2.23. The lowest BCUT2D eigenvalue weighted by Gasteiger charge is -2.20. The van der Waals surface area contributed by atoms with Crippen molar-refractivity contribution in [3.63, 3.8) is 0 Å². The summed E-state index contributed by atoms with van der Waals surface area (Å²) in [5, 5.41) is 13.6. The van der Waals surface area contributed by atoms with E-state index in [1.54, 1.807) is 0 Å². The van der Waals surface area contributed by atoms with Crippen LogP contribution >= 0.6 is 0 Å². The second-order valence-corrected chi connectivity index (χ2v) is 5.02. The highest BCUT2D eigenvalue weighted by Crippen LogP contribution is 2.06. The zero-order valence-electron chi connectivity index (χ0n) is 12.8. The third-order valence-electron chi connectivity index (χ3n) is 2.72. The van der Waals surface area contributed by atoms with Crippen LogP contribution in [0, 0.1) is 5.92 Å². The van der Waals surface area contributed by atoms with Crippen molar-refractivity contribution in [1.29, 1.82) is 0 Å². The van der Waals surface area contributed by atoms with Gasteiger partial charge in [0, 0.05) is 13.7 Å². The predicted molar refractivity (Wildman–Crippen MR) is 74.8 cm³/mol. The summed E-state index contributed by atoms with van der Waals surface area (Å²) in [6, 6.07) is -1.31. The largest absolute Gasteiger partial charge is 0.481 e. The molecule has 0 saturated carbocycles. The lowest BCUT2D eigenvalue weighted by atomic mass is 10.0. The average molecular weight is 304 g/mol. The van der Waals surface area contributed by atoms with Crippen LogP contribution in [0.4, 0.5) is 4.79 Å². The van der Waals surface area contributed by atoms with E-state index in [4.69, 9.17) is 9.84 Å². The summed E-state index contributed by atoms with van der Waals surface area (Å²) >= 11 is 0. The van der Waals surface area contributed by atoms with Crippen molar-refractivity contribution >= 4 is 18.0 Å². The maximum atomic E-state index is 11.7. The molecule has 2 unspecified atom stereocenters. The van der Waals surface area contributed by atoms with Crippen LogP contribution in [0.15, 0.2) is 0 Å². The van der Waals surface area contributed by atoms with E-state index in [9.17, 15) is 14.4 Å². The van der Waals surface area contributed by atoms with Crippen molar-refractivity contribution in [3.8, 4) is 0 Å². The fraction of sp³-hybridized carbons (Fsp3) is 0.769. The third kappa shape index (κ3) is 8.85. The fourth-order valence-electron chi connectivity index (χ4n) is 1.68. The minimum absolute atomic E-state index is 0.0319. The zero-order chi connectivity index (χ0) is 16.4. The molecule has 0 aromatic carbocycles. The molecule has 21 heavy (non-hydrogen) atoms. The van der Waals surface area contributed by atoms with Gasteiger partial charge in [-0.1, -0.05) is 13.8 Å². The molecule has 0 aliphatic carbocycles. The second-order valence-electron chi connectivity index (χ2n) is 5.02. The summed E-state index contributed by atoms with van der Waals surface area (Å²) in [6.45, 7) is 3.87. The number of methoxy groups -OCH3 is 2. The van der Waals surface area contributed by atoms with E-state index in [2.05, 4.69) is 15.4 Å². The normalized spacial score (nSPS) is 13.4. The number of ether oxygens (including phenoxy) is 2. The minimum Gasteiger partial charge on any atom is -0.481 e. The molecule has 0 rings (SSSR count). The Hall–Kier alpha value is -1.83. The third-order valence-corrected chi connectivity index (χ3v) is 2.72. The first-order valence-corrected chi connectivity index (χ1v) is 6.66.